The molecule has 8 nitrogen and oxygen atoms in total. The predicted molar refractivity (Wildman–Crippen MR) is 127 cm³/mol. The molecule has 2 N–H and O–H groups in total. The largest absolute Gasteiger partial charge is 0.355 e. The molecule has 32 heavy (non-hydrogen) atoms. The van der Waals surface area contributed by atoms with Crippen molar-refractivity contribution in [1.29, 1.82) is 0 Å². The maximum atomic E-state index is 12.5. The van der Waals surface area contributed by atoms with E-state index >= 15 is 0 Å². The van der Waals surface area contributed by atoms with Gasteiger partial charge in [-0.2, -0.15) is 0 Å². The summed E-state index contributed by atoms with van der Waals surface area (Å²) in [5.74, 6) is 1.57. The van der Waals surface area contributed by atoms with Crippen molar-refractivity contribution in [2.24, 2.45) is 0 Å². The number of fused-ring (bicyclic) bond motifs is 1. The third kappa shape index (κ3) is 3.97. The van der Waals surface area contributed by atoms with Gasteiger partial charge in [0.25, 0.3) is 5.91 Å². The number of benzene rings is 1. The van der Waals surface area contributed by atoms with Gasteiger partial charge in [0.1, 0.15) is 23.6 Å². The van der Waals surface area contributed by atoms with E-state index in [1.54, 1.807) is 42.9 Å². The molecular weight excluding hydrogens is 426 g/mol. The standard InChI is InChI=1S/C23H22ClN7O/c1-30(18-9-11-31(13-18)22-19-8-10-25-21(19)27-14-28-22)20-7-2-15(12-26-20)23(32)29-17-5-3-16(24)4-6-17/h2-8,10,12,14,18H,9,11,13H2,1H3,(H,29,32)(H,25,27,28)/t18-/m1/s1. The summed E-state index contributed by atoms with van der Waals surface area (Å²) < 4.78 is 0. The molecule has 162 valence electrons. The fraction of sp³-hybridized carbons (Fsp3) is 0.217. The van der Waals surface area contributed by atoms with Crippen LogP contribution in [0, 0.1) is 0 Å². The van der Waals surface area contributed by atoms with Crippen molar-refractivity contribution >= 4 is 45.9 Å². The molecule has 0 radical (unpaired) electrons. The Kier molecular flexibility index (Phi) is 5.36. The van der Waals surface area contributed by atoms with Gasteiger partial charge in [-0.3, -0.25) is 4.79 Å². The SMILES string of the molecule is CN(c1ccc(C(=O)Nc2ccc(Cl)cc2)cn1)[C@@H]1CCN(c2ncnc3[nH]ccc23)C1. The van der Waals surface area contributed by atoms with Gasteiger partial charge in [0.2, 0.25) is 0 Å². The number of halogens is 1. The number of aromatic nitrogens is 4. The zero-order valence-electron chi connectivity index (χ0n) is 17.5. The first-order chi connectivity index (χ1) is 15.6. The van der Waals surface area contributed by atoms with E-state index in [1.165, 1.54) is 0 Å². The first-order valence-corrected chi connectivity index (χ1v) is 10.7. The zero-order chi connectivity index (χ0) is 22.1. The molecule has 0 aliphatic carbocycles. The predicted octanol–water partition coefficient (Wildman–Crippen LogP) is 3.97. The number of amides is 1. The highest BCUT2D eigenvalue weighted by Crippen LogP contribution is 2.28. The molecular formula is C23H22ClN7O. The van der Waals surface area contributed by atoms with Gasteiger partial charge in [-0.05, 0) is 48.9 Å². The molecule has 5 rings (SSSR count). The second kappa shape index (κ2) is 8.47. The Morgan fingerprint density at radius 1 is 1.16 bits per heavy atom. The van der Waals surface area contributed by atoms with Crippen LogP contribution in [0.15, 0.2) is 61.2 Å². The lowest BCUT2D eigenvalue weighted by atomic mass is 10.2. The van der Waals surface area contributed by atoms with Gasteiger partial charge >= 0.3 is 0 Å². The molecule has 1 atom stereocenters. The first-order valence-electron chi connectivity index (χ1n) is 10.4. The van der Waals surface area contributed by atoms with Gasteiger partial charge in [-0.1, -0.05) is 11.6 Å². The summed E-state index contributed by atoms with van der Waals surface area (Å²) in [6.07, 6.45) is 6.09. The van der Waals surface area contributed by atoms with Crippen LogP contribution in [0.4, 0.5) is 17.3 Å². The normalized spacial score (nSPS) is 15.8. The van der Waals surface area contributed by atoms with E-state index in [9.17, 15) is 4.79 Å². The molecule has 1 saturated heterocycles. The van der Waals surface area contributed by atoms with Gasteiger partial charge in [-0.15, -0.1) is 0 Å². The van der Waals surface area contributed by atoms with Gasteiger partial charge in [0.05, 0.1) is 10.9 Å². The summed E-state index contributed by atoms with van der Waals surface area (Å²) in [6.45, 7) is 1.75. The number of anilines is 3. The van der Waals surface area contributed by atoms with E-state index in [-0.39, 0.29) is 5.91 Å². The van der Waals surface area contributed by atoms with Gasteiger partial charge < -0.3 is 20.1 Å². The highest BCUT2D eigenvalue weighted by molar-refractivity contribution is 6.30. The molecule has 4 heterocycles. The zero-order valence-corrected chi connectivity index (χ0v) is 18.3. The number of carbonyl (C=O) groups is 1. The molecule has 1 aliphatic heterocycles. The highest BCUT2D eigenvalue weighted by Gasteiger charge is 2.28. The van der Waals surface area contributed by atoms with Crippen LogP contribution in [0.2, 0.25) is 5.02 Å². The maximum absolute atomic E-state index is 12.5. The van der Waals surface area contributed by atoms with Crippen LogP contribution < -0.4 is 15.1 Å². The second-order valence-electron chi connectivity index (χ2n) is 7.80. The Hall–Kier alpha value is -3.65. The molecule has 1 aliphatic rings. The van der Waals surface area contributed by atoms with Crippen molar-refractivity contribution in [1.82, 2.24) is 19.9 Å². The second-order valence-corrected chi connectivity index (χ2v) is 8.24. The molecule has 0 unspecified atom stereocenters. The first kappa shape index (κ1) is 20.3. The van der Waals surface area contributed by atoms with E-state index in [0.29, 0.717) is 22.3 Å². The third-order valence-electron chi connectivity index (χ3n) is 5.82. The van der Waals surface area contributed by atoms with Crippen molar-refractivity contribution in [3.05, 3.63) is 71.8 Å². The number of nitrogens with zero attached hydrogens (tertiary/aromatic N) is 5. The minimum atomic E-state index is -0.208. The average molecular weight is 448 g/mol. The van der Waals surface area contributed by atoms with Crippen LogP contribution in [-0.4, -0.2) is 52.0 Å². The van der Waals surface area contributed by atoms with E-state index in [2.05, 4.69) is 35.1 Å². The number of hydrogen-bond acceptors (Lipinski definition) is 6. The monoisotopic (exact) mass is 447 g/mol. The Balaban J connectivity index is 1.25. The molecule has 1 fully saturated rings. The topological polar surface area (TPSA) is 90.0 Å². The van der Waals surface area contributed by atoms with Crippen LogP contribution in [-0.2, 0) is 0 Å². The van der Waals surface area contributed by atoms with Crippen molar-refractivity contribution in [3.8, 4) is 0 Å². The number of H-pyrrole nitrogens is 1. The lowest BCUT2D eigenvalue weighted by molar-refractivity contribution is 0.102. The minimum Gasteiger partial charge on any atom is -0.355 e. The van der Waals surface area contributed by atoms with Crippen LogP contribution >= 0.6 is 11.6 Å². The molecule has 0 spiro atoms. The highest BCUT2D eigenvalue weighted by atomic mass is 35.5. The number of aromatic amines is 1. The summed E-state index contributed by atoms with van der Waals surface area (Å²) in [6, 6.07) is 13.0. The van der Waals surface area contributed by atoms with Crippen LogP contribution in [0.3, 0.4) is 0 Å². The average Bonchev–Trinajstić information content (AvgIpc) is 3.50. The number of pyridine rings is 1. The number of hydrogen-bond donors (Lipinski definition) is 2. The molecule has 0 bridgehead atoms. The summed E-state index contributed by atoms with van der Waals surface area (Å²) >= 11 is 5.89. The molecule has 4 aromatic rings. The summed E-state index contributed by atoms with van der Waals surface area (Å²) in [7, 11) is 2.04. The van der Waals surface area contributed by atoms with Crippen molar-refractivity contribution < 1.29 is 4.79 Å². The molecule has 1 amide bonds. The van der Waals surface area contributed by atoms with Gasteiger partial charge in [-0.25, -0.2) is 15.0 Å². The van der Waals surface area contributed by atoms with Crippen molar-refractivity contribution in [2.45, 2.75) is 12.5 Å². The Morgan fingerprint density at radius 2 is 2.00 bits per heavy atom. The van der Waals surface area contributed by atoms with E-state index in [0.717, 1.165) is 42.2 Å². The molecule has 3 aromatic heterocycles. The third-order valence-corrected chi connectivity index (χ3v) is 6.07. The Labute approximate surface area is 190 Å². The summed E-state index contributed by atoms with van der Waals surface area (Å²) in [5.41, 5.74) is 2.04. The van der Waals surface area contributed by atoms with Crippen molar-refractivity contribution in [2.75, 3.05) is 35.3 Å². The van der Waals surface area contributed by atoms with Gasteiger partial charge in [0, 0.05) is 49.3 Å². The lowest BCUT2D eigenvalue weighted by Crippen LogP contribution is -2.35. The minimum absolute atomic E-state index is 0.208. The van der Waals surface area contributed by atoms with Crippen LogP contribution in [0.5, 0.6) is 0 Å². The number of likely N-dealkylation sites (N-methyl/N-ethyl adjacent to an activating group) is 1. The Bertz CT molecular complexity index is 1240. The number of nitrogens with one attached hydrogen (secondary N) is 2. The van der Waals surface area contributed by atoms with E-state index in [4.69, 9.17) is 11.6 Å². The summed E-state index contributed by atoms with van der Waals surface area (Å²) in [4.78, 5) is 33.4. The molecule has 0 saturated carbocycles. The lowest BCUT2D eigenvalue weighted by Gasteiger charge is -2.26. The smallest absolute Gasteiger partial charge is 0.257 e. The van der Waals surface area contributed by atoms with E-state index in [1.807, 2.05) is 25.4 Å². The van der Waals surface area contributed by atoms with Gasteiger partial charge in [0.15, 0.2) is 0 Å². The molecule has 9 heteroatoms. The van der Waals surface area contributed by atoms with Crippen LogP contribution in [0.25, 0.3) is 11.0 Å². The summed E-state index contributed by atoms with van der Waals surface area (Å²) in [5, 5.41) is 4.51. The quantitative estimate of drug-likeness (QED) is 0.481. The Morgan fingerprint density at radius 3 is 2.78 bits per heavy atom. The number of rotatable bonds is 5. The van der Waals surface area contributed by atoms with Crippen molar-refractivity contribution in [3.63, 3.8) is 0 Å². The number of carbonyl (C=O) groups excluding carboxylic acids is 1. The fourth-order valence-corrected chi connectivity index (χ4v) is 4.14. The maximum Gasteiger partial charge on any atom is 0.257 e. The van der Waals surface area contributed by atoms with Crippen LogP contribution in [0.1, 0.15) is 16.8 Å². The van der Waals surface area contributed by atoms with E-state index < -0.39 is 0 Å². The molecule has 1 aromatic carbocycles. The fourth-order valence-electron chi connectivity index (χ4n) is 4.01.